The summed E-state index contributed by atoms with van der Waals surface area (Å²) in [5.74, 6) is -0.0125. The largest absolute Gasteiger partial charge is 0.272 e. The highest BCUT2D eigenvalue weighted by molar-refractivity contribution is 5.79. The van der Waals surface area contributed by atoms with Crippen molar-refractivity contribution in [2.75, 3.05) is 0 Å². The van der Waals surface area contributed by atoms with Crippen LogP contribution in [0.5, 0.6) is 0 Å². The normalized spacial score (nSPS) is 10.0. The third-order valence-electron chi connectivity index (χ3n) is 2.10. The van der Waals surface area contributed by atoms with E-state index in [0.29, 0.717) is 12.8 Å². The van der Waals surface area contributed by atoms with Crippen molar-refractivity contribution in [1.29, 1.82) is 0 Å². The molecule has 1 N–H and O–H groups in total. The van der Waals surface area contributed by atoms with Crippen molar-refractivity contribution in [2.24, 2.45) is 0 Å². The lowest BCUT2D eigenvalue weighted by Crippen LogP contribution is -2.12. The summed E-state index contributed by atoms with van der Waals surface area (Å²) in [6.07, 6.45) is 2.45. The summed E-state index contributed by atoms with van der Waals surface area (Å²) >= 11 is 0. The molecule has 0 bridgehead atoms. The molecule has 0 aliphatic rings. The van der Waals surface area contributed by atoms with Crippen molar-refractivity contribution in [2.45, 2.75) is 12.8 Å². The molecule has 0 saturated heterocycles. The molecule has 0 aliphatic heterocycles. The Morgan fingerprint density at radius 1 is 1.31 bits per heavy atom. The maximum atomic E-state index is 11.4. The number of H-pyrrole nitrogens is 1. The van der Waals surface area contributed by atoms with Gasteiger partial charge < -0.3 is 0 Å². The highest BCUT2D eigenvalue weighted by Crippen LogP contribution is 2.03. The number of nitrogens with one attached hydrogen (secondary N) is 1. The van der Waals surface area contributed by atoms with E-state index in [0.717, 1.165) is 5.56 Å². The first-order valence-electron chi connectivity index (χ1n) is 4.99. The van der Waals surface area contributed by atoms with Gasteiger partial charge in [0.25, 0.3) is 5.95 Å². The fourth-order valence-corrected chi connectivity index (χ4v) is 1.32. The first-order valence-corrected chi connectivity index (χ1v) is 4.99. The van der Waals surface area contributed by atoms with Gasteiger partial charge in [-0.3, -0.25) is 9.89 Å². The summed E-state index contributed by atoms with van der Waals surface area (Å²) in [4.78, 5) is 15.2. The van der Waals surface area contributed by atoms with Gasteiger partial charge in [-0.25, -0.2) is 0 Å². The molecular formula is C11H11N4O. The van der Waals surface area contributed by atoms with Gasteiger partial charge in [0.2, 0.25) is 5.91 Å². The molecule has 0 atom stereocenters. The second-order valence-corrected chi connectivity index (χ2v) is 3.29. The number of aryl methyl sites for hydroxylation is 1. The lowest BCUT2D eigenvalue weighted by Gasteiger charge is -1.99. The van der Waals surface area contributed by atoms with Crippen LogP contribution in [0, 0.1) is 0 Å². The summed E-state index contributed by atoms with van der Waals surface area (Å²) in [5.41, 5.74) is 1.13. The number of hydrogen-bond donors (Lipinski definition) is 1. The molecule has 0 saturated carbocycles. The SMILES string of the molecule is O=C(CCc1ccccc1)[N]c1nc[nH]n1. The van der Waals surface area contributed by atoms with E-state index in [1.165, 1.54) is 6.33 Å². The van der Waals surface area contributed by atoms with Crippen LogP contribution in [0.3, 0.4) is 0 Å². The van der Waals surface area contributed by atoms with Crippen molar-refractivity contribution in [3.63, 3.8) is 0 Å². The van der Waals surface area contributed by atoms with Crippen LogP contribution in [0.25, 0.3) is 0 Å². The molecule has 5 nitrogen and oxygen atoms in total. The quantitative estimate of drug-likeness (QED) is 0.832. The molecule has 1 aromatic carbocycles. The predicted octanol–water partition coefficient (Wildman–Crippen LogP) is 1.20. The summed E-state index contributed by atoms with van der Waals surface area (Å²) in [5, 5.41) is 9.93. The molecule has 0 fully saturated rings. The number of carbonyl (C=O) groups excluding carboxylic acids is 1. The number of benzene rings is 1. The Morgan fingerprint density at radius 2 is 2.12 bits per heavy atom. The highest BCUT2D eigenvalue weighted by Gasteiger charge is 2.07. The molecule has 0 spiro atoms. The Hall–Kier alpha value is -2.17. The van der Waals surface area contributed by atoms with E-state index in [9.17, 15) is 4.79 Å². The molecule has 1 radical (unpaired) electrons. The topological polar surface area (TPSA) is 72.7 Å². The molecule has 2 aromatic rings. The average molecular weight is 215 g/mol. The van der Waals surface area contributed by atoms with E-state index in [1.54, 1.807) is 0 Å². The van der Waals surface area contributed by atoms with Crippen molar-refractivity contribution in [3.05, 3.63) is 42.2 Å². The van der Waals surface area contributed by atoms with Gasteiger partial charge in [-0.15, -0.1) is 5.10 Å². The van der Waals surface area contributed by atoms with Gasteiger partial charge in [-0.1, -0.05) is 30.3 Å². The molecule has 81 valence electrons. The van der Waals surface area contributed by atoms with Gasteiger partial charge in [0, 0.05) is 6.42 Å². The smallest absolute Gasteiger partial charge is 0.271 e. The monoisotopic (exact) mass is 215 g/mol. The van der Waals surface area contributed by atoms with Crippen molar-refractivity contribution >= 4 is 11.9 Å². The minimum atomic E-state index is -0.205. The number of rotatable bonds is 4. The Morgan fingerprint density at radius 3 is 2.81 bits per heavy atom. The summed E-state index contributed by atoms with van der Waals surface area (Å²) in [6, 6.07) is 9.82. The molecule has 0 aliphatic carbocycles. The van der Waals surface area contributed by atoms with Crippen LogP contribution in [-0.4, -0.2) is 21.1 Å². The zero-order valence-corrected chi connectivity index (χ0v) is 8.63. The summed E-state index contributed by atoms with van der Waals surface area (Å²) < 4.78 is 0. The summed E-state index contributed by atoms with van der Waals surface area (Å²) in [6.45, 7) is 0. The third-order valence-corrected chi connectivity index (χ3v) is 2.10. The maximum absolute atomic E-state index is 11.4. The van der Waals surface area contributed by atoms with Crippen LogP contribution in [-0.2, 0) is 11.2 Å². The first kappa shape index (κ1) is 10.4. The van der Waals surface area contributed by atoms with Crippen LogP contribution in [0.2, 0.25) is 0 Å². The van der Waals surface area contributed by atoms with Gasteiger partial charge in [0.15, 0.2) is 0 Å². The lowest BCUT2D eigenvalue weighted by molar-refractivity contribution is -0.120. The highest BCUT2D eigenvalue weighted by atomic mass is 16.1. The molecular weight excluding hydrogens is 204 g/mol. The number of carbonyl (C=O) groups is 1. The Kier molecular flexibility index (Phi) is 3.28. The zero-order chi connectivity index (χ0) is 11.2. The number of amides is 1. The standard InChI is InChI=1S/C11H11N4O/c16-10(14-11-12-8-13-15-11)7-6-9-4-2-1-3-5-9/h1-5,8H,6-7H2,(H,12,13,15). The Bertz CT molecular complexity index is 438. The molecule has 1 heterocycles. The lowest BCUT2D eigenvalue weighted by atomic mass is 10.1. The second-order valence-electron chi connectivity index (χ2n) is 3.29. The Balaban J connectivity index is 1.80. The molecule has 1 aromatic heterocycles. The van der Waals surface area contributed by atoms with Crippen molar-refractivity contribution in [1.82, 2.24) is 20.5 Å². The fourth-order valence-electron chi connectivity index (χ4n) is 1.32. The maximum Gasteiger partial charge on any atom is 0.271 e. The van der Waals surface area contributed by atoms with Gasteiger partial charge in [-0.2, -0.15) is 10.3 Å². The van der Waals surface area contributed by atoms with E-state index < -0.39 is 0 Å². The molecule has 16 heavy (non-hydrogen) atoms. The minimum absolute atomic E-state index is 0.193. The van der Waals surface area contributed by atoms with Gasteiger partial charge in [0.05, 0.1) is 0 Å². The molecule has 1 amide bonds. The van der Waals surface area contributed by atoms with E-state index in [-0.39, 0.29) is 11.9 Å². The first-order chi connectivity index (χ1) is 7.84. The number of nitrogens with zero attached hydrogens (tertiary/aromatic N) is 3. The number of aromatic amines is 1. The van der Waals surface area contributed by atoms with Gasteiger partial charge in [-0.05, 0) is 12.0 Å². The second kappa shape index (κ2) is 5.06. The molecule has 2 rings (SSSR count). The zero-order valence-electron chi connectivity index (χ0n) is 8.63. The van der Waals surface area contributed by atoms with E-state index in [1.807, 2.05) is 30.3 Å². The fraction of sp³-hybridized carbons (Fsp3) is 0.182. The van der Waals surface area contributed by atoms with Gasteiger partial charge >= 0.3 is 0 Å². The predicted molar refractivity (Wildman–Crippen MR) is 57.9 cm³/mol. The van der Waals surface area contributed by atoms with Gasteiger partial charge in [0.1, 0.15) is 6.33 Å². The Labute approximate surface area is 92.9 Å². The van der Waals surface area contributed by atoms with Crippen molar-refractivity contribution in [3.8, 4) is 0 Å². The number of hydrogen-bond acceptors (Lipinski definition) is 3. The van der Waals surface area contributed by atoms with E-state index >= 15 is 0 Å². The third kappa shape index (κ3) is 2.91. The molecule has 5 heteroatoms. The average Bonchev–Trinajstić information content (AvgIpc) is 2.81. The van der Waals surface area contributed by atoms with Crippen LogP contribution in [0.1, 0.15) is 12.0 Å². The van der Waals surface area contributed by atoms with E-state index in [4.69, 9.17) is 0 Å². The van der Waals surface area contributed by atoms with E-state index in [2.05, 4.69) is 20.5 Å². The van der Waals surface area contributed by atoms with Crippen LogP contribution >= 0.6 is 0 Å². The van der Waals surface area contributed by atoms with Crippen LogP contribution in [0.4, 0.5) is 5.95 Å². The van der Waals surface area contributed by atoms with Crippen LogP contribution in [0.15, 0.2) is 36.7 Å². The minimum Gasteiger partial charge on any atom is -0.272 e. The molecule has 0 unspecified atom stereocenters. The number of aromatic nitrogens is 3. The van der Waals surface area contributed by atoms with Crippen molar-refractivity contribution < 1.29 is 4.79 Å². The van der Waals surface area contributed by atoms with Crippen LogP contribution < -0.4 is 5.32 Å². The summed E-state index contributed by atoms with van der Waals surface area (Å²) in [7, 11) is 0.